The third-order valence-electron chi connectivity index (χ3n) is 5.19. The van der Waals surface area contributed by atoms with Crippen molar-refractivity contribution in [2.75, 3.05) is 38.1 Å². The van der Waals surface area contributed by atoms with Crippen LogP contribution in [-0.2, 0) is 6.54 Å². The zero-order valence-corrected chi connectivity index (χ0v) is 17.1. The summed E-state index contributed by atoms with van der Waals surface area (Å²) in [4.78, 5) is 21.5. The minimum Gasteiger partial charge on any atom is -0.457 e. The lowest BCUT2D eigenvalue weighted by molar-refractivity contribution is 0.0950. The van der Waals surface area contributed by atoms with Gasteiger partial charge in [-0.2, -0.15) is 0 Å². The first-order valence-corrected chi connectivity index (χ1v) is 10.2. The number of carbonyl (C=O) groups is 1. The van der Waals surface area contributed by atoms with E-state index < -0.39 is 0 Å². The molecule has 6 nitrogen and oxygen atoms in total. The van der Waals surface area contributed by atoms with Crippen LogP contribution in [0, 0.1) is 0 Å². The van der Waals surface area contributed by atoms with Gasteiger partial charge in [-0.1, -0.05) is 30.3 Å². The van der Waals surface area contributed by atoms with E-state index in [2.05, 4.69) is 27.1 Å². The predicted octanol–water partition coefficient (Wildman–Crippen LogP) is 3.56. The number of pyridine rings is 1. The quantitative estimate of drug-likeness (QED) is 0.683. The smallest absolute Gasteiger partial charge is 0.253 e. The van der Waals surface area contributed by atoms with Crippen molar-refractivity contribution in [1.29, 1.82) is 0 Å². The Hall–Kier alpha value is -3.38. The van der Waals surface area contributed by atoms with Crippen molar-refractivity contribution in [3.05, 3.63) is 84.1 Å². The maximum Gasteiger partial charge on any atom is 0.253 e. The maximum atomic E-state index is 12.5. The molecule has 6 heteroatoms. The first kappa shape index (κ1) is 19.9. The number of aromatic nitrogens is 1. The summed E-state index contributed by atoms with van der Waals surface area (Å²) in [5, 5.41) is 2.95. The molecular formula is C24H26N4O2. The summed E-state index contributed by atoms with van der Waals surface area (Å²) in [6, 6.07) is 21.1. The Morgan fingerprint density at radius 1 is 0.933 bits per heavy atom. The molecule has 1 amide bonds. The van der Waals surface area contributed by atoms with Crippen LogP contribution in [0.2, 0.25) is 0 Å². The van der Waals surface area contributed by atoms with Crippen molar-refractivity contribution in [1.82, 2.24) is 15.2 Å². The number of para-hydroxylation sites is 1. The van der Waals surface area contributed by atoms with E-state index >= 15 is 0 Å². The van der Waals surface area contributed by atoms with Gasteiger partial charge in [0.1, 0.15) is 17.3 Å². The number of nitrogens with zero attached hydrogens (tertiary/aromatic N) is 3. The molecule has 1 aromatic heterocycles. The number of hydrogen-bond donors (Lipinski definition) is 1. The van der Waals surface area contributed by atoms with E-state index in [-0.39, 0.29) is 5.91 Å². The van der Waals surface area contributed by atoms with E-state index in [1.165, 1.54) is 0 Å². The van der Waals surface area contributed by atoms with Crippen LogP contribution in [0.5, 0.6) is 11.5 Å². The molecule has 2 aromatic carbocycles. The number of piperazine rings is 1. The van der Waals surface area contributed by atoms with Gasteiger partial charge in [-0.25, -0.2) is 4.98 Å². The minimum absolute atomic E-state index is 0.128. The Morgan fingerprint density at radius 2 is 1.63 bits per heavy atom. The van der Waals surface area contributed by atoms with Crippen molar-refractivity contribution >= 4 is 11.7 Å². The van der Waals surface area contributed by atoms with Crippen LogP contribution in [0.25, 0.3) is 0 Å². The van der Waals surface area contributed by atoms with Crippen LogP contribution < -0.4 is 15.0 Å². The molecule has 4 rings (SSSR count). The van der Waals surface area contributed by atoms with Gasteiger partial charge in [0.05, 0.1) is 5.56 Å². The summed E-state index contributed by atoms with van der Waals surface area (Å²) >= 11 is 0. The number of hydrogen-bond acceptors (Lipinski definition) is 5. The third kappa shape index (κ3) is 5.15. The van der Waals surface area contributed by atoms with E-state index in [9.17, 15) is 4.79 Å². The van der Waals surface area contributed by atoms with Crippen molar-refractivity contribution < 1.29 is 9.53 Å². The Labute approximate surface area is 177 Å². The van der Waals surface area contributed by atoms with Gasteiger partial charge in [-0.05, 0) is 49.0 Å². The number of rotatable bonds is 6. The second-order valence-corrected chi connectivity index (χ2v) is 7.44. The fourth-order valence-electron chi connectivity index (χ4n) is 3.33. The Morgan fingerprint density at radius 3 is 2.30 bits per heavy atom. The Balaban J connectivity index is 1.29. The van der Waals surface area contributed by atoms with Gasteiger partial charge in [-0.15, -0.1) is 0 Å². The van der Waals surface area contributed by atoms with Crippen LogP contribution in [0.15, 0.2) is 72.9 Å². The zero-order valence-electron chi connectivity index (χ0n) is 17.1. The van der Waals surface area contributed by atoms with Crippen LogP contribution in [0.3, 0.4) is 0 Å². The predicted molar refractivity (Wildman–Crippen MR) is 118 cm³/mol. The van der Waals surface area contributed by atoms with Crippen molar-refractivity contribution in [2.24, 2.45) is 0 Å². The molecular weight excluding hydrogens is 376 g/mol. The molecule has 1 N–H and O–H groups in total. The van der Waals surface area contributed by atoms with Gasteiger partial charge in [0.2, 0.25) is 0 Å². The highest BCUT2D eigenvalue weighted by Crippen LogP contribution is 2.21. The summed E-state index contributed by atoms with van der Waals surface area (Å²) in [6.07, 6.45) is 1.65. The lowest BCUT2D eigenvalue weighted by Gasteiger charge is -2.33. The first-order chi connectivity index (χ1) is 14.7. The second kappa shape index (κ2) is 9.41. The molecule has 0 spiro atoms. The molecule has 0 atom stereocenters. The highest BCUT2D eigenvalue weighted by molar-refractivity contribution is 5.94. The van der Waals surface area contributed by atoms with Crippen LogP contribution >= 0.6 is 0 Å². The molecule has 1 saturated heterocycles. The fraction of sp³-hybridized carbons (Fsp3) is 0.250. The zero-order chi connectivity index (χ0) is 20.8. The first-order valence-electron chi connectivity index (χ1n) is 10.2. The number of anilines is 1. The second-order valence-electron chi connectivity index (χ2n) is 7.44. The van der Waals surface area contributed by atoms with Crippen LogP contribution in [0.1, 0.15) is 15.9 Å². The largest absolute Gasteiger partial charge is 0.457 e. The molecule has 1 fully saturated rings. The molecule has 0 aliphatic carbocycles. The summed E-state index contributed by atoms with van der Waals surface area (Å²) in [7, 11) is 2.13. The number of carbonyl (C=O) groups excluding carboxylic acids is 1. The minimum atomic E-state index is -0.128. The summed E-state index contributed by atoms with van der Waals surface area (Å²) < 4.78 is 5.79. The fourth-order valence-corrected chi connectivity index (χ4v) is 3.33. The summed E-state index contributed by atoms with van der Waals surface area (Å²) in [6.45, 7) is 4.42. The lowest BCUT2D eigenvalue weighted by Crippen LogP contribution is -2.44. The van der Waals surface area contributed by atoms with E-state index in [4.69, 9.17) is 4.74 Å². The Kier molecular flexibility index (Phi) is 6.25. The normalized spacial score (nSPS) is 14.4. The van der Waals surface area contributed by atoms with E-state index in [1.54, 1.807) is 6.20 Å². The average Bonchev–Trinajstić information content (AvgIpc) is 2.80. The monoisotopic (exact) mass is 402 g/mol. The van der Waals surface area contributed by atoms with Gasteiger partial charge in [0.25, 0.3) is 5.91 Å². The highest BCUT2D eigenvalue weighted by Gasteiger charge is 2.15. The van der Waals surface area contributed by atoms with Gasteiger partial charge >= 0.3 is 0 Å². The van der Waals surface area contributed by atoms with Crippen molar-refractivity contribution in [2.45, 2.75) is 6.54 Å². The number of likely N-dealkylation sites (N-methyl/N-ethyl adjacent to an activating group) is 1. The van der Waals surface area contributed by atoms with Gasteiger partial charge < -0.3 is 19.9 Å². The summed E-state index contributed by atoms with van der Waals surface area (Å²) in [5.74, 6) is 2.36. The molecule has 1 aliphatic rings. The lowest BCUT2D eigenvalue weighted by atomic mass is 10.2. The molecule has 1 aliphatic heterocycles. The molecule has 0 bridgehead atoms. The van der Waals surface area contributed by atoms with Crippen LogP contribution in [0.4, 0.5) is 5.82 Å². The number of benzene rings is 2. The van der Waals surface area contributed by atoms with Crippen molar-refractivity contribution in [3.8, 4) is 11.5 Å². The van der Waals surface area contributed by atoms with Gasteiger partial charge in [0.15, 0.2) is 0 Å². The van der Waals surface area contributed by atoms with E-state index in [1.807, 2.05) is 66.7 Å². The van der Waals surface area contributed by atoms with Gasteiger partial charge in [-0.3, -0.25) is 4.79 Å². The number of ether oxygens (including phenoxy) is 1. The highest BCUT2D eigenvalue weighted by atomic mass is 16.5. The Bertz CT molecular complexity index is 951. The standard InChI is InChI=1S/C24H26N4O2/c1-27-13-15-28(16-14-27)23-12-9-20(18-25-23)24(29)26-17-19-7-10-22(11-8-19)30-21-5-3-2-4-6-21/h2-12,18H,13-17H2,1H3,(H,26,29). The molecule has 154 valence electrons. The summed E-state index contributed by atoms with van der Waals surface area (Å²) in [5.41, 5.74) is 1.57. The van der Waals surface area contributed by atoms with E-state index in [0.29, 0.717) is 12.1 Å². The molecule has 0 unspecified atom stereocenters. The molecule has 0 saturated carbocycles. The topological polar surface area (TPSA) is 57.7 Å². The SMILES string of the molecule is CN1CCN(c2ccc(C(=O)NCc3ccc(Oc4ccccc4)cc3)cn2)CC1. The molecule has 2 heterocycles. The van der Waals surface area contributed by atoms with E-state index in [0.717, 1.165) is 49.1 Å². The van der Waals surface area contributed by atoms with Crippen molar-refractivity contribution in [3.63, 3.8) is 0 Å². The van der Waals surface area contributed by atoms with Crippen LogP contribution in [-0.4, -0.2) is 49.0 Å². The van der Waals surface area contributed by atoms with Gasteiger partial charge in [0, 0.05) is 38.9 Å². The third-order valence-corrected chi connectivity index (χ3v) is 5.19. The molecule has 30 heavy (non-hydrogen) atoms. The molecule has 0 radical (unpaired) electrons. The average molecular weight is 402 g/mol. The maximum absolute atomic E-state index is 12.5. The molecule has 3 aromatic rings. The number of nitrogens with one attached hydrogen (secondary N) is 1. The number of amides is 1.